The van der Waals surface area contributed by atoms with E-state index in [4.69, 9.17) is 0 Å². The predicted molar refractivity (Wildman–Crippen MR) is 105 cm³/mol. The molecule has 2 aromatic carbocycles. The van der Waals surface area contributed by atoms with Gasteiger partial charge in [0.2, 0.25) is 0 Å². The number of hydrogen-bond acceptors (Lipinski definition) is 3. The molecule has 0 aliphatic rings. The molecule has 0 bridgehead atoms. The number of quaternary nitrogens is 1. The molecule has 5 nitrogen and oxygen atoms in total. The molecule has 2 rings (SSSR count). The molecule has 0 radical (unpaired) electrons. The summed E-state index contributed by atoms with van der Waals surface area (Å²) in [5.41, 5.74) is 3.40. The summed E-state index contributed by atoms with van der Waals surface area (Å²) in [7, 11) is 4.04. The van der Waals surface area contributed by atoms with Crippen LogP contribution in [-0.4, -0.2) is 32.6 Å². The number of nitrogens with one attached hydrogen (secondary N) is 2. The number of benzene rings is 2. The number of para-hydroxylation sites is 1. The maximum absolute atomic E-state index is 12.7. The molecule has 0 aliphatic carbocycles. The van der Waals surface area contributed by atoms with E-state index in [2.05, 4.69) is 47.5 Å². The van der Waals surface area contributed by atoms with Crippen LogP contribution in [0.3, 0.4) is 0 Å². The van der Waals surface area contributed by atoms with Gasteiger partial charge in [-0.3, -0.25) is 4.79 Å². The molecule has 0 heterocycles. The fourth-order valence-electron chi connectivity index (χ4n) is 2.87. The van der Waals surface area contributed by atoms with Gasteiger partial charge in [0, 0.05) is 25.3 Å². The van der Waals surface area contributed by atoms with Gasteiger partial charge in [0.25, 0.3) is 5.91 Å². The third-order valence-electron chi connectivity index (χ3n) is 4.65. The van der Waals surface area contributed by atoms with E-state index in [1.165, 1.54) is 10.5 Å². The Morgan fingerprint density at radius 3 is 2.42 bits per heavy atom. The fraction of sp³-hybridized carbons (Fsp3) is 0.333. The van der Waals surface area contributed by atoms with E-state index in [-0.39, 0.29) is 11.9 Å². The first kappa shape index (κ1) is 19.5. The molecule has 0 aliphatic heterocycles. The predicted octanol–water partition coefficient (Wildman–Crippen LogP) is 2.06. The fourth-order valence-corrected chi connectivity index (χ4v) is 2.87. The van der Waals surface area contributed by atoms with Crippen molar-refractivity contribution in [2.75, 3.05) is 30.9 Å². The van der Waals surface area contributed by atoms with E-state index in [9.17, 15) is 10.1 Å². The molecule has 2 N–H and O–H groups in total. The molecule has 1 unspecified atom stereocenters. The van der Waals surface area contributed by atoms with Crippen LogP contribution in [-0.2, 0) is 11.3 Å². The zero-order valence-electron chi connectivity index (χ0n) is 15.9. The standard InChI is InChI=1S/C21H26N4O/c1-5-25(15-17-10-12-19(13-11-17)24(3)4)16(2)21(26)23-20-9-7-6-8-18(20)14-22/h6-13,16H,5,15H2,1-4H3,(H,23,26)/p+1/t16-/m0/s1. The van der Waals surface area contributed by atoms with Crippen LogP contribution in [0.15, 0.2) is 48.5 Å². The van der Waals surface area contributed by atoms with Crippen molar-refractivity contribution in [2.45, 2.75) is 26.4 Å². The lowest BCUT2D eigenvalue weighted by Crippen LogP contribution is -3.15. The summed E-state index contributed by atoms with van der Waals surface area (Å²) in [6.07, 6.45) is 0. The Balaban J connectivity index is 2.06. The average Bonchev–Trinajstić information content (AvgIpc) is 2.66. The smallest absolute Gasteiger partial charge is 0.282 e. The Morgan fingerprint density at radius 1 is 1.19 bits per heavy atom. The summed E-state index contributed by atoms with van der Waals surface area (Å²) < 4.78 is 0. The van der Waals surface area contributed by atoms with Crippen molar-refractivity contribution < 1.29 is 9.69 Å². The zero-order chi connectivity index (χ0) is 19.1. The number of nitrogens with zero attached hydrogens (tertiary/aromatic N) is 2. The lowest BCUT2D eigenvalue weighted by atomic mass is 10.1. The van der Waals surface area contributed by atoms with Gasteiger partial charge >= 0.3 is 0 Å². The van der Waals surface area contributed by atoms with Crippen LogP contribution in [0, 0.1) is 11.3 Å². The second-order valence-corrected chi connectivity index (χ2v) is 6.62. The van der Waals surface area contributed by atoms with Gasteiger partial charge in [0.1, 0.15) is 12.6 Å². The first-order valence-electron chi connectivity index (χ1n) is 8.87. The molecule has 5 heteroatoms. The molecule has 0 fully saturated rings. The molecule has 0 saturated heterocycles. The summed E-state index contributed by atoms with van der Waals surface area (Å²) in [6.45, 7) is 5.62. The number of likely N-dealkylation sites (N-methyl/N-ethyl adjacent to an activating group) is 1. The molecule has 1 amide bonds. The van der Waals surface area contributed by atoms with E-state index in [1.807, 2.05) is 27.1 Å². The summed E-state index contributed by atoms with van der Waals surface area (Å²) >= 11 is 0. The van der Waals surface area contributed by atoms with E-state index >= 15 is 0 Å². The Bertz CT molecular complexity index is 777. The van der Waals surface area contributed by atoms with Crippen molar-refractivity contribution in [3.05, 3.63) is 59.7 Å². The number of rotatable bonds is 7. The van der Waals surface area contributed by atoms with Crippen molar-refractivity contribution in [3.8, 4) is 6.07 Å². The molecule has 2 atom stereocenters. The van der Waals surface area contributed by atoms with Crippen molar-refractivity contribution in [1.82, 2.24) is 0 Å². The average molecular weight is 351 g/mol. The van der Waals surface area contributed by atoms with Gasteiger partial charge in [-0.1, -0.05) is 24.3 Å². The normalized spacial score (nSPS) is 12.7. The molecule has 26 heavy (non-hydrogen) atoms. The number of carbonyl (C=O) groups is 1. The highest BCUT2D eigenvalue weighted by molar-refractivity contribution is 5.94. The second-order valence-electron chi connectivity index (χ2n) is 6.62. The Kier molecular flexibility index (Phi) is 6.76. The lowest BCUT2D eigenvalue weighted by Gasteiger charge is -2.24. The minimum Gasteiger partial charge on any atom is -0.378 e. The minimum atomic E-state index is -0.222. The molecular weight excluding hydrogens is 324 g/mol. The van der Waals surface area contributed by atoms with Gasteiger partial charge in [0.05, 0.1) is 17.8 Å². The zero-order valence-corrected chi connectivity index (χ0v) is 15.9. The van der Waals surface area contributed by atoms with Gasteiger partial charge in [-0.2, -0.15) is 5.26 Å². The van der Waals surface area contributed by atoms with Gasteiger partial charge in [-0.05, 0) is 38.1 Å². The number of amides is 1. The number of nitriles is 1. The first-order valence-corrected chi connectivity index (χ1v) is 8.87. The third kappa shape index (κ3) is 4.84. The number of anilines is 2. The van der Waals surface area contributed by atoms with Crippen LogP contribution >= 0.6 is 0 Å². The number of hydrogen-bond donors (Lipinski definition) is 2. The maximum atomic E-state index is 12.7. The number of carbonyl (C=O) groups excluding carboxylic acids is 1. The Labute approximate surface area is 155 Å². The van der Waals surface area contributed by atoms with Crippen LogP contribution < -0.4 is 15.1 Å². The highest BCUT2D eigenvalue weighted by Gasteiger charge is 2.24. The van der Waals surface area contributed by atoms with Crippen LogP contribution in [0.25, 0.3) is 0 Å². The first-order chi connectivity index (χ1) is 12.5. The van der Waals surface area contributed by atoms with E-state index in [0.717, 1.165) is 18.8 Å². The minimum absolute atomic E-state index is 0.0746. The summed E-state index contributed by atoms with van der Waals surface area (Å²) in [5, 5.41) is 12.1. The third-order valence-corrected chi connectivity index (χ3v) is 4.65. The molecule has 0 spiro atoms. The summed E-state index contributed by atoms with van der Waals surface area (Å²) in [6, 6.07) is 17.4. The lowest BCUT2D eigenvalue weighted by molar-refractivity contribution is -0.925. The van der Waals surface area contributed by atoms with Gasteiger partial charge in [0.15, 0.2) is 6.04 Å². The largest absolute Gasteiger partial charge is 0.378 e. The monoisotopic (exact) mass is 351 g/mol. The highest BCUT2D eigenvalue weighted by Crippen LogP contribution is 2.14. The van der Waals surface area contributed by atoms with Crippen molar-refractivity contribution in [1.29, 1.82) is 5.26 Å². The Hall–Kier alpha value is -2.84. The van der Waals surface area contributed by atoms with E-state index in [1.54, 1.807) is 18.2 Å². The maximum Gasteiger partial charge on any atom is 0.282 e. The molecule has 0 saturated carbocycles. The summed E-state index contributed by atoms with van der Waals surface area (Å²) in [5.74, 6) is -0.0746. The molecule has 136 valence electrons. The van der Waals surface area contributed by atoms with Gasteiger partial charge in [-0.15, -0.1) is 0 Å². The van der Waals surface area contributed by atoms with Crippen LogP contribution in [0.5, 0.6) is 0 Å². The topological polar surface area (TPSA) is 60.6 Å². The van der Waals surface area contributed by atoms with Crippen LogP contribution in [0.2, 0.25) is 0 Å². The SMILES string of the molecule is CC[NH+](Cc1ccc(N(C)C)cc1)[C@@H](C)C(=O)Nc1ccccc1C#N. The van der Waals surface area contributed by atoms with Crippen molar-refractivity contribution >= 4 is 17.3 Å². The van der Waals surface area contributed by atoms with Gasteiger partial charge < -0.3 is 15.1 Å². The van der Waals surface area contributed by atoms with Crippen LogP contribution in [0.4, 0.5) is 11.4 Å². The van der Waals surface area contributed by atoms with Gasteiger partial charge in [-0.25, -0.2) is 0 Å². The molecular formula is C21H27N4O+. The van der Waals surface area contributed by atoms with E-state index in [0.29, 0.717) is 11.3 Å². The molecule has 0 aromatic heterocycles. The highest BCUT2D eigenvalue weighted by atomic mass is 16.2. The quantitative estimate of drug-likeness (QED) is 0.803. The Morgan fingerprint density at radius 2 is 1.85 bits per heavy atom. The summed E-state index contributed by atoms with van der Waals surface area (Å²) in [4.78, 5) is 15.9. The van der Waals surface area contributed by atoms with Crippen LogP contribution in [0.1, 0.15) is 25.0 Å². The second kappa shape index (κ2) is 9.02. The van der Waals surface area contributed by atoms with E-state index < -0.39 is 0 Å². The van der Waals surface area contributed by atoms with Crippen molar-refractivity contribution in [2.24, 2.45) is 0 Å². The molecule has 2 aromatic rings. The van der Waals surface area contributed by atoms with Crippen molar-refractivity contribution in [3.63, 3.8) is 0 Å².